The van der Waals surface area contributed by atoms with E-state index in [0.717, 1.165) is 6.20 Å². The van der Waals surface area contributed by atoms with Crippen LogP contribution in [-0.4, -0.2) is 16.1 Å². The summed E-state index contributed by atoms with van der Waals surface area (Å²) >= 11 is 0. The molecule has 1 aromatic heterocycles. The number of carboxylic acid groups (broad SMARTS) is 1. The lowest BCUT2D eigenvalue weighted by atomic mass is 10.3. The number of oxazole rings is 1. The van der Waals surface area contributed by atoms with Crippen molar-refractivity contribution in [3.8, 4) is 0 Å². The summed E-state index contributed by atoms with van der Waals surface area (Å²) < 4.78 is 4.88. The number of aromatic carboxylic acids is 1. The molecule has 0 unspecified atom stereocenters. The fourth-order valence-electron chi connectivity index (χ4n) is 0.808. The number of rotatable bonds is 3. The normalized spacial score (nSPS) is 12.1. The third kappa shape index (κ3) is 1.92. The van der Waals surface area contributed by atoms with Gasteiger partial charge >= 0.3 is 5.97 Å². The zero-order chi connectivity index (χ0) is 10.6. The Morgan fingerprint density at radius 1 is 1.57 bits per heavy atom. The maximum atomic E-state index is 10.5. The summed E-state index contributed by atoms with van der Waals surface area (Å²) in [5.41, 5.74) is 10.8. The van der Waals surface area contributed by atoms with Crippen LogP contribution in [0.25, 0.3) is 5.57 Å². The molecule has 5 N–H and O–H groups in total. The highest BCUT2D eigenvalue weighted by Gasteiger charge is 2.11. The molecular weight excluding hydrogens is 186 g/mol. The number of carbonyl (C=O) groups is 1. The first-order chi connectivity index (χ1) is 6.69. The average Bonchev–Trinajstić information content (AvgIpc) is 2.63. The van der Waals surface area contributed by atoms with E-state index in [0.29, 0.717) is 5.57 Å². The monoisotopic (exact) mass is 195 g/mol. The Labute approximate surface area is 79.5 Å². The molecule has 6 nitrogen and oxygen atoms in total. The van der Waals surface area contributed by atoms with E-state index >= 15 is 0 Å². The van der Waals surface area contributed by atoms with Gasteiger partial charge in [-0.05, 0) is 12.3 Å². The van der Waals surface area contributed by atoms with E-state index in [-0.39, 0.29) is 11.7 Å². The summed E-state index contributed by atoms with van der Waals surface area (Å²) in [4.78, 5) is 14.2. The lowest BCUT2D eigenvalue weighted by Crippen LogP contribution is -1.92. The lowest BCUT2D eigenvalue weighted by molar-refractivity contribution is 0.0662. The first kappa shape index (κ1) is 9.85. The van der Waals surface area contributed by atoms with Crippen molar-refractivity contribution in [2.75, 3.05) is 0 Å². The van der Waals surface area contributed by atoms with Crippen molar-refractivity contribution in [1.82, 2.24) is 4.98 Å². The molecule has 6 heteroatoms. The maximum Gasteiger partial charge on any atom is 0.373 e. The molecule has 0 aliphatic rings. The SMILES string of the molecule is N/C=C\C(=C/N)c1ncc(C(=O)O)o1. The van der Waals surface area contributed by atoms with Crippen LogP contribution in [-0.2, 0) is 0 Å². The molecule has 0 aromatic carbocycles. The molecule has 0 atom stereocenters. The van der Waals surface area contributed by atoms with Crippen molar-refractivity contribution < 1.29 is 14.3 Å². The Morgan fingerprint density at radius 3 is 2.71 bits per heavy atom. The maximum absolute atomic E-state index is 10.5. The van der Waals surface area contributed by atoms with Crippen LogP contribution >= 0.6 is 0 Å². The van der Waals surface area contributed by atoms with Gasteiger partial charge in [0.1, 0.15) is 0 Å². The van der Waals surface area contributed by atoms with Crippen molar-refractivity contribution >= 4 is 11.5 Å². The molecule has 0 spiro atoms. The topological polar surface area (TPSA) is 115 Å². The first-order valence-corrected chi connectivity index (χ1v) is 3.68. The Bertz CT molecular complexity index is 392. The van der Waals surface area contributed by atoms with E-state index in [1.807, 2.05) is 0 Å². The molecule has 14 heavy (non-hydrogen) atoms. The summed E-state index contributed by atoms with van der Waals surface area (Å²) in [6.07, 6.45) is 5.03. The number of nitrogens with zero attached hydrogens (tertiary/aromatic N) is 1. The van der Waals surface area contributed by atoms with Gasteiger partial charge < -0.3 is 21.0 Å². The highest BCUT2D eigenvalue weighted by molar-refractivity contribution is 5.84. The van der Waals surface area contributed by atoms with Crippen molar-refractivity contribution in [2.45, 2.75) is 0 Å². The van der Waals surface area contributed by atoms with Gasteiger partial charge in [-0.25, -0.2) is 9.78 Å². The molecule has 0 bridgehead atoms. The minimum Gasteiger partial charge on any atom is -0.475 e. The second-order valence-corrected chi connectivity index (χ2v) is 2.32. The number of allylic oxidation sites excluding steroid dienone is 2. The molecule has 0 saturated carbocycles. The van der Waals surface area contributed by atoms with Gasteiger partial charge in [0.15, 0.2) is 0 Å². The molecule has 0 saturated heterocycles. The van der Waals surface area contributed by atoms with Crippen LogP contribution in [0.2, 0.25) is 0 Å². The summed E-state index contributed by atoms with van der Waals surface area (Å²) in [7, 11) is 0. The van der Waals surface area contributed by atoms with Crippen molar-refractivity contribution in [1.29, 1.82) is 0 Å². The van der Waals surface area contributed by atoms with Gasteiger partial charge in [0, 0.05) is 6.20 Å². The van der Waals surface area contributed by atoms with Gasteiger partial charge in [0.2, 0.25) is 11.7 Å². The van der Waals surface area contributed by atoms with Gasteiger partial charge in [0.05, 0.1) is 11.8 Å². The Hall–Kier alpha value is -2.24. The standard InChI is InChI=1S/C8H9N3O3/c9-2-1-5(3-10)7-11-4-6(14-7)8(12)13/h1-4H,9-10H2,(H,12,13)/b2-1-,5-3+. The molecule has 1 heterocycles. The van der Waals surface area contributed by atoms with E-state index < -0.39 is 5.97 Å². The third-order valence-electron chi connectivity index (χ3n) is 1.42. The summed E-state index contributed by atoms with van der Waals surface area (Å²) in [5.74, 6) is -1.31. The Balaban J connectivity index is 3.01. The van der Waals surface area contributed by atoms with Crippen LogP contribution in [0.15, 0.2) is 29.1 Å². The van der Waals surface area contributed by atoms with Crippen molar-refractivity contribution in [3.63, 3.8) is 0 Å². The molecule has 0 aliphatic heterocycles. The van der Waals surface area contributed by atoms with E-state index in [9.17, 15) is 4.79 Å². The summed E-state index contributed by atoms with van der Waals surface area (Å²) in [6.45, 7) is 0. The zero-order valence-corrected chi connectivity index (χ0v) is 7.18. The summed E-state index contributed by atoms with van der Waals surface area (Å²) in [6, 6.07) is 0. The number of carboxylic acids is 1. The molecule has 0 radical (unpaired) electrons. The van der Waals surface area contributed by atoms with Crippen LogP contribution in [0.3, 0.4) is 0 Å². The van der Waals surface area contributed by atoms with E-state index in [1.54, 1.807) is 0 Å². The van der Waals surface area contributed by atoms with Crippen LogP contribution in [0.5, 0.6) is 0 Å². The van der Waals surface area contributed by atoms with E-state index in [2.05, 4.69) is 4.98 Å². The van der Waals surface area contributed by atoms with Gasteiger partial charge in [-0.3, -0.25) is 0 Å². The quantitative estimate of drug-likeness (QED) is 0.591. The Morgan fingerprint density at radius 2 is 2.29 bits per heavy atom. The second kappa shape index (κ2) is 4.13. The number of hydrogen-bond acceptors (Lipinski definition) is 5. The highest BCUT2D eigenvalue weighted by atomic mass is 16.4. The molecule has 0 aliphatic carbocycles. The molecule has 0 fully saturated rings. The Kier molecular flexibility index (Phi) is 2.90. The van der Waals surface area contributed by atoms with Crippen LogP contribution < -0.4 is 11.5 Å². The predicted molar refractivity (Wildman–Crippen MR) is 49.0 cm³/mol. The van der Waals surface area contributed by atoms with Crippen molar-refractivity contribution in [3.05, 3.63) is 36.3 Å². The lowest BCUT2D eigenvalue weighted by Gasteiger charge is -1.92. The van der Waals surface area contributed by atoms with E-state index in [4.69, 9.17) is 21.0 Å². The van der Waals surface area contributed by atoms with Crippen LogP contribution in [0, 0.1) is 0 Å². The smallest absolute Gasteiger partial charge is 0.373 e. The molecule has 1 aromatic rings. The third-order valence-corrected chi connectivity index (χ3v) is 1.42. The van der Waals surface area contributed by atoms with Crippen LogP contribution in [0.4, 0.5) is 0 Å². The van der Waals surface area contributed by atoms with Crippen LogP contribution in [0.1, 0.15) is 16.4 Å². The highest BCUT2D eigenvalue weighted by Crippen LogP contribution is 2.14. The molecule has 74 valence electrons. The zero-order valence-electron chi connectivity index (χ0n) is 7.18. The average molecular weight is 195 g/mol. The molecule has 1 rings (SSSR count). The van der Waals surface area contributed by atoms with Gasteiger partial charge in [0.25, 0.3) is 0 Å². The minimum absolute atomic E-state index is 0.117. The number of hydrogen-bond donors (Lipinski definition) is 3. The second-order valence-electron chi connectivity index (χ2n) is 2.32. The largest absolute Gasteiger partial charge is 0.475 e. The van der Waals surface area contributed by atoms with Gasteiger partial charge in [-0.1, -0.05) is 0 Å². The van der Waals surface area contributed by atoms with Gasteiger partial charge in [-0.15, -0.1) is 0 Å². The minimum atomic E-state index is -1.18. The van der Waals surface area contributed by atoms with Crippen molar-refractivity contribution in [2.24, 2.45) is 11.5 Å². The van der Waals surface area contributed by atoms with Gasteiger partial charge in [-0.2, -0.15) is 0 Å². The molecular formula is C8H9N3O3. The fraction of sp³-hybridized carbons (Fsp3) is 0. The fourth-order valence-corrected chi connectivity index (χ4v) is 0.808. The first-order valence-electron chi connectivity index (χ1n) is 3.68. The van der Waals surface area contributed by atoms with E-state index in [1.165, 1.54) is 18.5 Å². The molecule has 0 amide bonds. The number of aromatic nitrogens is 1. The summed E-state index contributed by atoms with van der Waals surface area (Å²) in [5, 5.41) is 8.56. The predicted octanol–water partition coefficient (Wildman–Crippen LogP) is 0.145. The number of nitrogens with two attached hydrogens (primary N) is 2.